The van der Waals surface area contributed by atoms with Gasteiger partial charge >= 0.3 is 6.03 Å². The first-order chi connectivity index (χ1) is 8.08. The van der Waals surface area contributed by atoms with E-state index in [0.717, 1.165) is 4.47 Å². The van der Waals surface area contributed by atoms with Crippen LogP contribution < -0.4 is 31.6 Å². The Balaban J connectivity index is 2.81. The van der Waals surface area contributed by atoms with Crippen LogP contribution in [0.2, 0.25) is 0 Å². The van der Waals surface area contributed by atoms with Gasteiger partial charge in [-0.25, -0.2) is 4.79 Å². The molecule has 0 spiro atoms. The van der Waals surface area contributed by atoms with Crippen LogP contribution in [0.4, 0.5) is 10.5 Å². The van der Waals surface area contributed by atoms with Gasteiger partial charge in [0, 0.05) is 16.6 Å². The van der Waals surface area contributed by atoms with Crippen molar-refractivity contribution in [3.8, 4) is 11.5 Å². The van der Waals surface area contributed by atoms with E-state index in [1.54, 1.807) is 19.2 Å². The summed E-state index contributed by atoms with van der Waals surface area (Å²) in [4.78, 5) is 10.5. The number of hydrogen-bond donors (Lipinski definition) is 4. The number of ether oxygens (including phenoxy) is 2. The minimum Gasteiger partial charge on any atom is -0.493 e. The number of carbonyl (C=O) groups is 1. The first kappa shape index (κ1) is 13.4. The maximum atomic E-state index is 10.5. The Morgan fingerprint density at radius 1 is 1.29 bits per heavy atom. The van der Waals surface area contributed by atoms with Crippen molar-refractivity contribution < 1.29 is 14.3 Å². The number of nitrogens with two attached hydrogens (primary N) is 1. The molecule has 1 rings (SSSR count). The lowest BCUT2D eigenvalue weighted by Gasteiger charge is -2.13. The summed E-state index contributed by atoms with van der Waals surface area (Å²) in [5.41, 5.74) is 12.9. The van der Waals surface area contributed by atoms with Gasteiger partial charge in [0.1, 0.15) is 0 Å². The SMILES string of the molecule is COc1cc(Br)c(NNNC(N)=O)cc1OC. The Morgan fingerprint density at radius 3 is 2.41 bits per heavy atom. The third-order valence-electron chi connectivity index (χ3n) is 1.86. The number of rotatable bonds is 5. The smallest absolute Gasteiger partial charge is 0.327 e. The summed E-state index contributed by atoms with van der Waals surface area (Å²) in [5, 5.41) is 0. The molecular weight excluding hydrogens is 292 g/mol. The fourth-order valence-corrected chi connectivity index (χ4v) is 1.53. The molecule has 0 saturated carbocycles. The van der Waals surface area contributed by atoms with E-state index in [1.807, 2.05) is 0 Å². The summed E-state index contributed by atoms with van der Waals surface area (Å²) in [7, 11) is 3.08. The van der Waals surface area contributed by atoms with Crippen LogP contribution in [0.5, 0.6) is 11.5 Å². The molecular formula is C9H13BrN4O3. The second kappa shape index (κ2) is 6.16. The van der Waals surface area contributed by atoms with E-state index < -0.39 is 6.03 Å². The monoisotopic (exact) mass is 304 g/mol. The number of methoxy groups -OCH3 is 2. The van der Waals surface area contributed by atoms with Gasteiger partial charge in [0.15, 0.2) is 11.5 Å². The number of carbonyl (C=O) groups excluding carboxylic acids is 1. The summed E-state index contributed by atoms with van der Waals surface area (Å²) in [6.45, 7) is 0. The molecule has 5 N–H and O–H groups in total. The maximum absolute atomic E-state index is 10.5. The molecule has 17 heavy (non-hydrogen) atoms. The molecule has 0 saturated heterocycles. The standard InChI is InChI=1S/C9H13BrN4O3/c1-16-7-3-5(10)6(4-8(7)17-2)12-14-13-9(11)15/h3-4,12,14H,1-2H3,(H3,11,13,15). The lowest BCUT2D eigenvalue weighted by molar-refractivity contribution is 0.246. The predicted octanol–water partition coefficient (Wildman–Crippen LogP) is 0.966. The molecule has 0 fully saturated rings. The summed E-state index contributed by atoms with van der Waals surface area (Å²) in [6, 6.07) is 2.72. The molecule has 0 aromatic heterocycles. The Bertz CT molecular complexity index is 413. The van der Waals surface area contributed by atoms with Crippen molar-refractivity contribution in [1.82, 2.24) is 11.0 Å². The molecule has 94 valence electrons. The molecule has 0 heterocycles. The zero-order valence-electron chi connectivity index (χ0n) is 9.33. The van der Waals surface area contributed by atoms with Gasteiger partial charge in [-0.05, 0) is 15.9 Å². The zero-order valence-corrected chi connectivity index (χ0v) is 10.9. The minimum absolute atomic E-state index is 0.555. The second-order valence-electron chi connectivity index (χ2n) is 2.93. The Morgan fingerprint density at radius 2 is 1.88 bits per heavy atom. The number of hydrazine groups is 2. The minimum atomic E-state index is -0.700. The molecule has 0 radical (unpaired) electrons. The first-order valence-corrected chi connectivity index (χ1v) is 5.35. The predicted molar refractivity (Wildman–Crippen MR) is 66.7 cm³/mol. The van der Waals surface area contributed by atoms with Crippen LogP contribution in [-0.4, -0.2) is 20.3 Å². The van der Waals surface area contributed by atoms with Crippen molar-refractivity contribution in [2.75, 3.05) is 19.6 Å². The number of benzene rings is 1. The van der Waals surface area contributed by atoms with Crippen LogP contribution in [-0.2, 0) is 0 Å². The van der Waals surface area contributed by atoms with E-state index in [9.17, 15) is 4.79 Å². The van der Waals surface area contributed by atoms with Gasteiger partial charge in [-0.15, -0.1) is 5.53 Å². The van der Waals surface area contributed by atoms with E-state index >= 15 is 0 Å². The highest BCUT2D eigenvalue weighted by Crippen LogP contribution is 2.35. The quantitative estimate of drug-likeness (QED) is 0.608. The third-order valence-corrected chi connectivity index (χ3v) is 2.51. The van der Waals surface area contributed by atoms with Crippen molar-refractivity contribution in [2.24, 2.45) is 5.73 Å². The van der Waals surface area contributed by atoms with Gasteiger partial charge in [0.2, 0.25) is 0 Å². The highest BCUT2D eigenvalue weighted by Gasteiger charge is 2.09. The molecule has 7 nitrogen and oxygen atoms in total. The number of primary amides is 1. The molecule has 0 unspecified atom stereocenters. The molecule has 0 aliphatic heterocycles. The fourth-order valence-electron chi connectivity index (χ4n) is 1.11. The number of hydrogen-bond acceptors (Lipinski definition) is 5. The topological polar surface area (TPSA) is 97.6 Å². The maximum Gasteiger partial charge on any atom is 0.327 e. The lowest BCUT2D eigenvalue weighted by Crippen LogP contribution is -2.44. The van der Waals surface area contributed by atoms with Gasteiger partial charge in [0.05, 0.1) is 19.9 Å². The van der Waals surface area contributed by atoms with E-state index in [-0.39, 0.29) is 0 Å². The van der Waals surface area contributed by atoms with Gasteiger partial charge in [-0.1, -0.05) is 0 Å². The normalized spacial score (nSPS) is 9.59. The number of urea groups is 1. The second-order valence-corrected chi connectivity index (χ2v) is 3.78. The summed E-state index contributed by atoms with van der Waals surface area (Å²) >= 11 is 3.34. The molecule has 2 amide bonds. The van der Waals surface area contributed by atoms with Crippen molar-refractivity contribution >= 4 is 27.6 Å². The molecule has 0 atom stereocenters. The average Bonchev–Trinajstić information content (AvgIpc) is 2.30. The van der Waals surface area contributed by atoms with E-state index in [4.69, 9.17) is 15.2 Å². The fraction of sp³-hybridized carbons (Fsp3) is 0.222. The molecule has 0 aliphatic carbocycles. The van der Waals surface area contributed by atoms with Crippen LogP contribution >= 0.6 is 15.9 Å². The van der Waals surface area contributed by atoms with E-state index in [2.05, 4.69) is 32.3 Å². The van der Waals surface area contributed by atoms with Crippen LogP contribution in [0, 0.1) is 0 Å². The Kier molecular flexibility index (Phi) is 4.85. The van der Waals surface area contributed by atoms with Crippen LogP contribution in [0.1, 0.15) is 0 Å². The average molecular weight is 305 g/mol. The summed E-state index contributed by atoms with van der Waals surface area (Å²) in [5.74, 6) is 1.15. The largest absolute Gasteiger partial charge is 0.493 e. The van der Waals surface area contributed by atoms with E-state index in [0.29, 0.717) is 17.2 Å². The van der Waals surface area contributed by atoms with Gasteiger partial charge in [-0.3, -0.25) is 5.43 Å². The lowest BCUT2D eigenvalue weighted by atomic mass is 10.3. The number of amides is 2. The summed E-state index contributed by atoms with van der Waals surface area (Å²) in [6.07, 6.45) is 0. The van der Waals surface area contributed by atoms with Gasteiger partial charge < -0.3 is 20.6 Å². The summed E-state index contributed by atoms with van der Waals surface area (Å²) < 4.78 is 11.0. The number of nitrogens with one attached hydrogen (secondary N) is 3. The van der Waals surface area contributed by atoms with Crippen molar-refractivity contribution in [3.05, 3.63) is 16.6 Å². The zero-order chi connectivity index (χ0) is 12.8. The third kappa shape index (κ3) is 3.68. The van der Waals surface area contributed by atoms with Crippen molar-refractivity contribution in [2.45, 2.75) is 0 Å². The molecule has 1 aromatic rings. The van der Waals surface area contributed by atoms with Gasteiger partial charge in [0.25, 0.3) is 0 Å². The van der Waals surface area contributed by atoms with Crippen LogP contribution in [0.25, 0.3) is 0 Å². The number of anilines is 1. The van der Waals surface area contributed by atoms with Crippen molar-refractivity contribution in [1.29, 1.82) is 0 Å². The Labute approximate surface area is 107 Å². The Hall–Kier alpha value is -1.67. The highest BCUT2D eigenvalue weighted by molar-refractivity contribution is 9.10. The van der Waals surface area contributed by atoms with E-state index in [1.165, 1.54) is 7.11 Å². The van der Waals surface area contributed by atoms with Crippen LogP contribution in [0.3, 0.4) is 0 Å². The highest BCUT2D eigenvalue weighted by atomic mass is 79.9. The first-order valence-electron chi connectivity index (χ1n) is 4.56. The molecule has 0 bridgehead atoms. The molecule has 1 aromatic carbocycles. The molecule has 0 aliphatic rings. The van der Waals surface area contributed by atoms with Gasteiger partial charge in [-0.2, -0.15) is 0 Å². The van der Waals surface area contributed by atoms with Crippen LogP contribution in [0.15, 0.2) is 16.6 Å². The molecule has 8 heteroatoms. The van der Waals surface area contributed by atoms with Crippen molar-refractivity contribution in [3.63, 3.8) is 0 Å². The number of halogens is 1.